The SMILES string of the molecule is O=C([C@@H]1CCCN1)N1CCC[C@@H](C(F)F)C1. The van der Waals surface area contributed by atoms with Crippen LogP contribution in [0.15, 0.2) is 0 Å². The molecule has 2 aliphatic heterocycles. The van der Waals surface area contributed by atoms with Crippen LogP contribution >= 0.6 is 0 Å². The summed E-state index contributed by atoms with van der Waals surface area (Å²) in [4.78, 5) is 13.6. The lowest BCUT2D eigenvalue weighted by molar-refractivity contribution is -0.136. The fourth-order valence-electron chi connectivity index (χ4n) is 2.53. The summed E-state index contributed by atoms with van der Waals surface area (Å²) in [5.74, 6) is -0.609. The molecular formula is C11H18F2N2O. The summed E-state index contributed by atoms with van der Waals surface area (Å²) < 4.78 is 25.2. The number of halogens is 2. The van der Waals surface area contributed by atoms with Crippen molar-refractivity contribution >= 4 is 5.91 Å². The van der Waals surface area contributed by atoms with Gasteiger partial charge in [0, 0.05) is 19.0 Å². The largest absolute Gasteiger partial charge is 0.341 e. The number of nitrogens with zero attached hydrogens (tertiary/aromatic N) is 1. The number of alkyl halides is 2. The molecule has 0 spiro atoms. The van der Waals surface area contributed by atoms with Gasteiger partial charge in [0.15, 0.2) is 0 Å². The number of likely N-dealkylation sites (tertiary alicyclic amines) is 1. The van der Waals surface area contributed by atoms with Crippen molar-refractivity contribution in [3.05, 3.63) is 0 Å². The molecule has 0 aromatic heterocycles. The van der Waals surface area contributed by atoms with Crippen molar-refractivity contribution in [2.75, 3.05) is 19.6 Å². The maximum atomic E-state index is 12.6. The Labute approximate surface area is 94.2 Å². The lowest BCUT2D eigenvalue weighted by atomic mass is 9.98. The Bertz CT molecular complexity index is 254. The van der Waals surface area contributed by atoms with Crippen LogP contribution in [-0.4, -0.2) is 42.9 Å². The monoisotopic (exact) mass is 232 g/mol. The quantitative estimate of drug-likeness (QED) is 0.777. The molecule has 92 valence electrons. The molecule has 0 radical (unpaired) electrons. The number of nitrogens with one attached hydrogen (secondary N) is 1. The Morgan fingerprint density at radius 3 is 2.75 bits per heavy atom. The number of amides is 1. The fourth-order valence-corrected chi connectivity index (χ4v) is 2.53. The van der Waals surface area contributed by atoms with Crippen molar-refractivity contribution in [3.63, 3.8) is 0 Å². The molecule has 3 nitrogen and oxygen atoms in total. The minimum absolute atomic E-state index is 0.0165. The van der Waals surface area contributed by atoms with Gasteiger partial charge < -0.3 is 10.2 Å². The summed E-state index contributed by atoms with van der Waals surface area (Å²) in [7, 11) is 0. The third-order valence-electron chi connectivity index (χ3n) is 3.48. The van der Waals surface area contributed by atoms with E-state index in [1.54, 1.807) is 4.90 Å². The van der Waals surface area contributed by atoms with Gasteiger partial charge in [-0.1, -0.05) is 0 Å². The van der Waals surface area contributed by atoms with Crippen molar-refractivity contribution < 1.29 is 13.6 Å². The van der Waals surface area contributed by atoms with Gasteiger partial charge in [0.1, 0.15) is 0 Å². The lowest BCUT2D eigenvalue weighted by Crippen LogP contribution is -2.48. The summed E-state index contributed by atoms with van der Waals surface area (Å²) in [6.07, 6.45) is 0.789. The van der Waals surface area contributed by atoms with Crippen LogP contribution in [0.3, 0.4) is 0 Å². The highest BCUT2D eigenvalue weighted by Crippen LogP contribution is 2.23. The van der Waals surface area contributed by atoms with Gasteiger partial charge >= 0.3 is 0 Å². The second kappa shape index (κ2) is 5.08. The smallest absolute Gasteiger partial charge is 0.243 e. The summed E-state index contributed by atoms with van der Waals surface area (Å²) in [5.41, 5.74) is 0. The minimum atomic E-state index is -2.30. The Hall–Kier alpha value is -0.710. The third kappa shape index (κ3) is 2.51. The molecular weight excluding hydrogens is 214 g/mol. The first-order chi connectivity index (χ1) is 7.68. The average Bonchev–Trinajstić information content (AvgIpc) is 2.81. The highest BCUT2D eigenvalue weighted by molar-refractivity contribution is 5.82. The van der Waals surface area contributed by atoms with Crippen molar-refractivity contribution in [2.45, 2.75) is 38.2 Å². The number of carbonyl (C=O) groups is 1. The summed E-state index contributed by atoms with van der Waals surface area (Å²) in [6.45, 7) is 1.73. The van der Waals surface area contributed by atoms with E-state index in [1.165, 1.54) is 0 Å². The molecule has 1 N–H and O–H groups in total. The zero-order valence-electron chi connectivity index (χ0n) is 9.29. The molecule has 2 saturated heterocycles. The van der Waals surface area contributed by atoms with E-state index in [0.717, 1.165) is 19.4 Å². The minimum Gasteiger partial charge on any atom is -0.341 e. The van der Waals surface area contributed by atoms with Crippen molar-refractivity contribution in [1.82, 2.24) is 10.2 Å². The zero-order valence-corrected chi connectivity index (χ0v) is 9.29. The summed E-state index contributed by atoms with van der Waals surface area (Å²) in [6, 6.07) is -0.128. The number of rotatable bonds is 2. The highest BCUT2D eigenvalue weighted by Gasteiger charge is 2.33. The van der Waals surface area contributed by atoms with E-state index < -0.39 is 12.3 Å². The zero-order chi connectivity index (χ0) is 11.5. The molecule has 16 heavy (non-hydrogen) atoms. The molecule has 2 aliphatic rings. The van der Waals surface area contributed by atoms with Gasteiger partial charge in [-0.05, 0) is 32.2 Å². The Kier molecular flexibility index (Phi) is 3.74. The van der Waals surface area contributed by atoms with E-state index >= 15 is 0 Å². The molecule has 2 atom stereocenters. The van der Waals surface area contributed by atoms with Gasteiger partial charge in [0.05, 0.1) is 6.04 Å². The molecule has 0 aromatic rings. The maximum Gasteiger partial charge on any atom is 0.243 e. The van der Waals surface area contributed by atoms with Crippen molar-refractivity contribution in [1.29, 1.82) is 0 Å². The third-order valence-corrected chi connectivity index (χ3v) is 3.48. The average molecular weight is 232 g/mol. The van der Waals surface area contributed by atoms with Crippen molar-refractivity contribution in [2.24, 2.45) is 5.92 Å². The van der Waals surface area contributed by atoms with Gasteiger partial charge in [-0.3, -0.25) is 4.79 Å². The Morgan fingerprint density at radius 2 is 2.12 bits per heavy atom. The van der Waals surface area contributed by atoms with Gasteiger partial charge in [0.2, 0.25) is 12.3 Å². The van der Waals surface area contributed by atoms with E-state index in [-0.39, 0.29) is 18.5 Å². The molecule has 0 aromatic carbocycles. The van der Waals surface area contributed by atoms with Crippen LogP contribution in [0.1, 0.15) is 25.7 Å². The van der Waals surface area contributed by atoms with Crippen LogP contribution in [0.2, 0.25) is 0 Å². The Morgan fingerprint density at radius 1 is 1.31 bits per heavy atom. The van der Waals surface area contributed by atoms with Crippen LogP contribution in [0.4, 0.5) is 8.78 Å². The van der Waals surface area contributed by atoms with Gasteiger partial charge in [-0.25, -0.2) is 8.78 Å². The lowest BCUT2D eigenvalue weighted by Gasteiger charge is -2.33. The van der Waals surface area contributed by atoms with Crippen LogP contribution in [0.25, 0.3) is 0 Å². The second-order valence-corrected chi connectivity index (χ2v) is 4.67. The summed E-state index contributed by atoms with van der Waals surface area (Å²) in [5, 5.41) is 3.12. The molecule has 0 bridgehead atoms. The van der Waals surface area contributed by atoms with Crippen LogP contribution in [0, 0.1) is 5.92 Å². The number of carbonyl (C=O) groups excluding carboxylic acids is 1. The molecule has 0 aliphatic carbocycles. The van der Waals surface area contributed by atoms with E-state index in [1.807, 2.05) is 0 Å². The fraction of sp³-hybridized carbons (Fsp3) is 0.909. The van der Waals surface area contributed by atoms with E-state index in [0.29, 0.717) is 19.4 Å². The van der Waals surface area contributed by atoms with Crippen LogP contribution in [-0.2, 0) is 4.79 Å². The second-order valence-electron chi connectivity index (χ2n) is 4.67. The number of hydrogen-bond acceptors (Lipinski definition) is 2. The standard InChI is InChI=1S/C11H18F2N2O/c12-10(13)8-3-2-6-15(7-8)11(16)9-4-1-5-14-9/h8-10,14H,1-7H2/t8-,9+/m1/s1. The molecule has 0 saturated carbocycles. The van der Waals surface area contributed by atoms with Gasteiger partial charge in [-0.15, -0.1) is 0 Å². The molecule has 5 heteroatoms. The van der Waals surface area contributed by atoms with Crippen LogP contribution in [0.5, 0.6) is 0 Å². The molecule has 2 heterocycles. The first kappa shape index (κ1) is 11.8. The van der Waals surface area contributed by atoms with Gasteiger partial charge in [0.25, 0.3) is 0 Å². The molecule has 0 unspecified atom stereocenters. The molecule has 1 amide bonds. The van der Waals surface area contributed by atoms with E-state index in [9.17, 15) is 13.6 Å². The number of hydrogen-bond donors (Lipinski definition) is 1. The van der Waals surface area contributed by atoms with E-state index in [2.05, 4.69) is 5.32 Å². The Balaban J connectivity index is 1.90. The summed E-state index contributed by atoms with van der Waals surface area (Å²) >= 11 is 0. The first-order valence-electron chi connectivity index (χ1n) is 5.99. The highest BCUT2D eigenvalue weighted by atomic mass is 19.3. The van der Waals surface area contributed by atoms with Crippen LogP contribution < -0.4 is 5.32 Å². The molecule has 2 rings (SSSR count). The molecule has 2 fully saturated rings. The maximum absolute atomic E-state index is 12.6. The topological polar surface area (TPSA) is 32.3 Å². The number of piperidine rings is 1. The van der Waals surface area contributed by atoms with E-state index in [4.69, 9.17) is 0 Å². The normalized spacial score (nSPS) is 31.1. The predicted octanol–water partition coefficient (Wildman–Crippen LogP) is 1.24. The predicted molar refractivity (Wildman–Crippen MR) is 56.3 cm³/mol. The first-order valence-corrected chi connectivity index (χ1v) is 5.99. The van der Waals surface area contributed by atoms with Gasteiger partial charge in [-0.2, -0.15) is 0 Å². The van der Waals surface area contributed by atoms with Crippen molar-refractivity contribution in [3.8, 4) is 0 Å².